The molecule has 0 spiro atoms. The summed E-state index contributed by atoms with van der Waals surface area (Å²) in [5, 5.41) is 13.1. The summed E-state index contributed by atoms with van der Waals surface area (Å²) in [5.41, 5.74) is 3.48. The van der Waals surface area contributed by atoms with Gasteiger partial charge in [0.05, 0.1) is 18.8 Å². The Morgan fingerprint density at radius 2 is 1.96 bits per heavy atom. The van der Waals surface area contributed by atoms with Crippen molar-refractivity contribution in [3.05, 3.63) is 59.3 Å². The molecule has 0 saturated carbocycles. The molecule has 1 aliphatic rings. The van der Waals surface area contributed by atoms with E-state index >= 15 is 0 Å². The maximum absolute atomic E-state index is 12.5. The zero-order chi connectivity index (χ0) is 19.5. The summed E-state index contributed by atoms with van der Waals surface area (Å²) >= 11 is 0. The van der Waals surface area contributed by atoms with E-state index in [2.05, 4.69) is 11.4 Å². The molecule has 0 unspecified atom stereocenters. The highest BCUT2D eigenvalue weighted by molar-refractivity contribution is 5.88. The number of hydrogen-bond acceptors (Lipinski definition) is 4. The fraction of sp³-hybridized carbons (Fsp3) is 0.273. The van der Waals surface area contributed by atoms with Gasteiger partial charge in [0, 0.05) is 30.1 Å². The van der Waals surface area contributed by atoms with Gasteiger partial charge in [0.15, 0.2) is 11.5 Å². The first-order valence-corrected chi connectivity index (χ1v) is 9.29. The molecule has 0 aliphatic carbocycles. The molecule has 4 rings (SSSR count). The lowest BCUT2D eigenvalue weighted by molar-refractivity contribution is -0.121. The number of ether oxygens (including phenoxy) is 2. The number of rotatable bonds is 4. The summed E-state index contributed by atoms with van der Waals surface area (Å²) in [5.74, 6) is 1.37. The van der Waals surface area contributed by atoms with E-state index in [-0.39, 0.29) is 12.5 Å². The molecule has 1 aromatic heterocycles. The van der Waals surface area contributed by atoms with Crippen molar-refractivity contribution >= 4 is 16.8 Å². The smallest absolute Gasteiger partial charge is 0.240 e. The van der Waals surface area contributed by atoms with E-state index in [1.807, 2.05) is 47.9 Å². The minimum Gasteiger partial charge on any atom is -0.490 e. The van der Waals surface area contributed by atoms with Crippen LogP contribution in [0.25, 0.3) is 10.9 Å². The molecule has 0 fully saturated rings. The Bertz CT molecular complexity index is 1080. The van der Waals surface area contributed by atoms with Gasteiger partial charge < -0.3 is 19.4 Å². The summed E-state index contributed by atoms with van der Waals surface area (Å²) in [6.45, 7) is 3.84. The first-order chi connectivity index (χ1) is 13.7. The van der Waals surface area contributed by atoms with Gasteiger partial charge in [-0.3, -0.25) is 4.79 Å². The van der Waals surface area contributed by atoms with Crippen molar-refractivity contribution in [2.45, 2.75) is 26.4 Å². The van der Waals surface area contributed by atoms with E-state index in [9.17, 15) is 10.1 Å². The molecule has 0 bridgehead atoms. The number of aromatic nitrogens is 1. The average molecular weight is 375 g/mol. The summed E-state index contributed by atoms with van der Waals surface area (Å²) in [7, 11) is 0. The SMILES string of the molecule is Cc1cc2c(cc1CNC(=O)Cn1cc(C#N)c3ccccc31)OCCCO2. The van der Waals surface area contributed by atoms with Crippen molar-refractivity contribution in [3.63, 3.8) is 0 Å². The number of nitriles is 1. The minimum absolute atomic E-state index is 0.114. The van der Waals surface area contributed by atoms with E-state index in [4.69, 9.17) is 9.47 Å². The molecular formula is C22H21N3O3. The zero-order valence-electron chi connectivity index (χ0n) is 15.7. The van der Waals surface area contributed by atoms with Gasteiger partial charge in [0.1, 0.15) is 12.6 Å². The molecular weight excluding hydrogens is 354 g/mol. The van der Waals surface area contributed by atoms with Gasteiger partial charge in [0.2, 0.25) is 5.91 Å². The molecule has 1 aliphatic heterocycles. The second-order valence-electron chi connectivity index (χ2n) is 6.85. The molecule has 6 heteroatoms. The number of aryl methyl sites for hydroxylation is 1. The van der Waals surface area contributed by atoms with Gasteiger partial charge in [-0.2, -0.15) is 5.26 Å². The Hall–Kier alpha value is -3.46. The van der Waals surface area contributed by atoms with Gasteiger partial charge in [0.25, 0.3) is 0 Å². The van der Waals surface area contributed by atoms with E-state index in [1.54, 1.807) is 6.20 Å². The third kappa shape index (κ3) is 3.52. The Labute approximate surface area is 163 Å². The molecule has 2 aromatic carbocycles. The second-order valence-corrected chi connectivity index (χ2v) is 6.85. The normalized spacial score (nSPS) is 13.0. The maximum Gasteiger partial charge on any atom is 0.240 e. The van der Waals surface area contributed by atoms with Crippen LogP contribution in [-0.2, 0) is 17.9 Å². The van der Waals surface area contributed by atoms with E-state index in [1.165, 1.54) is 0 Å². The van der Waals surface area contributed by atoms with Gasteiger partial charge in [-0.1, -0.05) is 18.2 Å². The number of carbonyl (C=O) groups is 1. The van der Waals surface area contributed by atoms with Crippen LogP contribution in [0.4, 0.5) is 0 Å². The van der Waals surface area contributed by atoms with Gasteiger partial charge in [-0.05, 0) is 36.2 Å². The summed E-state index contributed by atoms with van der Waals surface area (Å²) < 4.78 is 13.2. The van der Waals surface area contributed by atoms with Crippen LogP contribution in [0.15, 0.2) is 42.6 Å². The third-order valence-electron chi connectivity index (χ3n) is 4.91. The Balaban J connectivity index is 1.47. The van der Waals surface area contributed by atoms with Crippen molar-refractivity contribution in [1.29, 1.82) is 5.26 Å². The highest BCUT2D eigenvalue weighted by atomic mass is 16.5. The number of nitrogens with one attached hydrogen (secondary N) is 1. The predicted octanol–water partition coefficient (Wildman–Crippen LogP) is 3.30. The lowest BCUT2D eigenvalue weighted by atomic mass is 10.1. The number of fused-ring (bicyclic) bond motifs is 2. The Kier molecular flexibility index (Phi) is 4.90. The van der Waals surface area contributed by atoms with Crippen LogP contribution in [-0.4, -0.2) is 23.7 Å². The van der Waals surface area contributed by atoms with Crippen LogP contribution in [0.2, 0.25) is 0 Å². The Morgan fingerprint density at radius 3 is 2.75 bits per heavy atom. The molecule has 142 valence electrons. The van der Waals surface area contributed by atoms with E-state index < -0.39 is 0 Å². The van der Waals surface area contributed by atoms with Crippen LogP contribution >= 0.6 is 0 Å². The number of nitrogens with zero attached hydrogens (tertiary/aromatic N) is 2. The van der Waals surface area contributed by atoms with Crippen molar-refractivity contribution in [3.8, 4) is 17.6 Å². The number of para-hydroxylation sites is 1. The molecule has 3 aromatic rings. The lowest BCUT2D eigenvalue weighted by Gasteiger charge is -2.13. The number of amides is 1. The van der Waals surface area contributed by atoms with E-state index in [0.29, 0.717) is 25.3 Å². The first kappa shape index (κ1) is 17.9. The van der Waals surface area contributed by atoms with Crippen molar-refractivity contribution in [2.75, 3.05) is 13.2 Å². The fourth-order valence-corrected chi connectivity index (χ4v) is 3.41. The number of hydrogen-bond donors (Lipinski definition) is 1. The molecule has 0 radical (unpaired) electrons. The topological polar surface area (TPSA) is 76.3 Å². The average Bonchev–Trinajstić information content (AvgIpc) is 2.89. The van der Waals surface area contributed by atoms with Crippen LogP contribution in [0.5, 0.6) is 11.5 Å². The quantitative estimate of drug-likeness (QED) is 0.759. The summed E-state index contributed by atoms with van der Waals surface area (Å²) in [6.07, 6.45) is 2.58. The van der Waals surface area contributed by atoms with Gasteiger partial charge in [-0.15, -0.1) is 0 Å². The second kappa shape index (κ2) is 7.65. The van der Waals surface area contributed by atoms with Crippen molar-refractivity contribution < 1.29 is 14.3 Å². The monoisotopic (exact) mass is 375 g/mol. The summed E-state index contributed by atoms with van der Waals surface area (Å²) in [4.78, 5) is 12.5. The number of benzene rings is 2. The molecule has 0 atom stereocenters. The Morgan fingerprint density at radius 1 is 1.21 bits per heavy atom. The molecule has 1 amide bonds. The minimum atomic E-state index is -0.114. The van der Waals surface area contributed by atoms with Crippen molar-refractivity contribution in [1.82, 2.24) is 9.88 Å². The zero-order valence-corrected chi connectivity index (χ0v) is 15.7. The fourth-order valence-electron chi connectivity index (χ4n) is 3.41. The van der Waals surface area contributed by atoms with Crippen LogP contribution < -0.4 is 14.8 Å². The third-order valence-corrected chi connectivity index (χ3v) is 4.91. The highest BCUT2D eigenvalue weighted by Crippen LogP contribution is 2.32. The maximum atomic E-state index is 12.5. The van der Waals surface area contributed by atoms with Gasteiger partial charge >= 0.3 is 0 Å². The first-order valence-electron chi connectivity index (χ1n) is 9.29. The van der Waals surface area contributed by atoms with Gasteiger partial charge in [-0.25, -0.2) is 0 Å². The largest absolute Gasteiger partial charge is 0.490 e. The van der Waals surface area contributed by atoms with Crippen LogP contribution in [0.1, 0.15) is 23.1 Å². The highest BCUT2D eigenvalue weighted by Gasteiger charge is 2.14. The summed E-state index contributed by atoms with van der Waals surface area (Å²) in [6, 6.07) is 13.7. The van der Waals surface area contributed by atoms with E-state index in [0.717, 1.165) is 39.9 Å². The molecule has 1 N–H and O–H groups in total. The predicted molar refractivity (Wildman–Crippen MR) is 105 cm³/mol. The molecule has 2 heterocycles. The molecule has 6 nitrogen and oxygen atoms in total. The molecule has 0 saturated heterocycles. The van der Waals surface area contributed by atoms with Crippen LogP contribution in [0, 0.1) is 18.3 Å². The standard InChI is InChI=1S/C22H21N3O3/c1-15-9-20-21(28-8-4-7-27-20)10-16(15)12-24-22(26)14-25-13-17(11-23)18-5-2-3-6-19(18)25/h2-3,5-6,9-10,13H,4,7-8,12,14H2,1H3,(H,24,26). The van der Waals surface area contributed by atoms with Crippen LogP contribution in [0.3, 0.4) is 0 Å². The lowest BCUT2D eigenvalue weighted by Crippen LogP contribution is -2.27. The number of carbonyl (C=O) groups excluding carboxylic acids is 1. The molecule has 28 heavy (non-hydrogen) atoms. The van der Waals surface area contributed by atoms with Crippen molar-refractivity contribution in [2.24, 2.45) is 0 Å².